The Morgan fingerprint density at radius 1 is 1.15 bits per heavy atom. The van der Waals surface area contributed by atoms with Gasteiger partial charge in [-0.2, -0.15) is 0 Å². The molecule has 2 bridgehead atoms. The van der Waals surface area contributed by atoms with Gasteiger partial charge < -0.3 is 10.2 Å². The minimum atomic E-state index is -1.42. The minimum Gasteiger partial charge on any atom is -0.481 e. The third kappa shape index (κ3) is 1.01. The van der Waals surface area contributed by atoms with Gasteiger partial charge in [-0.25, -0.2) is 0 Å². The lowest BCUT2D eigenvalue weighted by molar-refractivity contribution is -0.153. The van der Waals surface area contributed by atoms with E-state index in [0.29, 0.717) is 0 Å². The van der Waals surface area contributed by atoms with Crippen LogP contribution in [0.4, 0.5) is 0 Å². The number of aliphatic carboxylic acids is 2. The molecule has 0 radical (unpaired) electrons. The molecule has 5 unspecified atom stereocenters. The summed E-state index contributed by atoms with van der Waals surface area (Å²) in [6.45, 7) is 0. The maximum atomic E-state index is 12.3. The van der Waals surface area contributed by atoms with Crippen LogP contribution in [0.5, 0.6) is 0 Å². The number of carboxylic acid groups (broad SMARTS) is 2. The molecule has 20 heavy (non-hydrogen) atoms. The van der Waals surface area contributed by atoms with Crippen LogP contribution in [-0.2, 0) is 14.4 Å². The van der Waals surface area contributed by atoms with Crippen LogP contribution in [0.2, 0.25) is 0 Å². The summed E-state index contributed by atoms with van der Waals surface area (Å²) in [5.74, 6) is -4.84. The highest BCUT2D eigenvalue weighted by Crippen LogP contribution is 2.77. The zero-order valence-electron chi connectivity index (χ0n) is 10.4. The molecule has 5 nitrogen and oxygen atoms in total. The fourth-order valence-corrected chi connectivity index (χ4v) is 4.70. The number of benzene rings is 1. The molecule has 2 fully saturated rings. The first kappa shape index (κ1) is 11.6. The van der Waals surface area contributed by atoms with Gasteiger partial charge in [0.2, 0.25) is 0 Å². The second-order valence-corrected chi connectivity index (χ2v) is 5.92. The highest BCUT2D eigenvalue weighted by Gasteiger charge is 2.83. The summed E-state index contributed by atoms with van der Waals surface area (Å²) in [5, 5.41) is 19.0. The van der Waals surface area contributed by atoms with Crippen LogP contribution in [-0.4, -0.2) is 27.9 Å². The van der Waals surface area contributed by atoms with Crippen molar-refractivity contribution in [3.05, 3.63) is 35.4 Å². The Bertz CT molecular complexity index is 679. The van der Waals surface area contributed by atoms with Crippen molar-refractivity contribution in [1.29, 1.82) is 0 Å². The first-order valence-corrected chi connectivity index (χ1v) is 6.59. The molecule has 4 aliphatic carbocycles. The van der Waals surface area contributed by atoms with E-state index in [1.807, 2.05) is 12.1 Å². The van der Waals surface area contributed by atoms with Crippen LogP contribution in [0.1, 0.15) is 29.4 Å². The number of hydrogen-bond donors (Lipinski definition) is 2. The fourth-order valence-electron chi connectivity index (χ4n) is 4.70. The van der Waals surface area contributed by atoms with Gasteiger partial charge in [0.25, 0.3) is 0 Å². The molecule has 0 aliphatic heterocycles. The number of Topliss-reactive ketones (excluding diaryl/α,β-unsaturated/α-hetero) is 1. The number of fused-ring (bicyclic) bond motifs is 1. The molecule has 5 rings (SSSR count). The fraction of sp³-hybridized carbons (Fsp3) is 0.400. The van der Waals surface area contributed by atoms with Gasteiger partial charge >= 0.3 is 11.9 Å². The maximum Gasteiger partial charge on any atom is 0.311 e. The van der Waals surface area contributed by atoms with Gasteiger partial charge in [-0.05, 0) is 23.0 Å². The van der Waals surface area contributed by atoms with Crippen molar-refractivity contribution in [1.82, 2.24) is 0 Å². The molecule has 0 heterocycles. The molecule has 2 N–H and O–H groups in total. The Morgan fingerprint density at radius 3 is 2.40 bits per heavy atom. The van der Waals surface area contributed by atoms with Gasteiger partial charge in [0.15, 0.2) is 0 Å². The predicted molar refractivity (Wildman–Crippen MR) is 66.2 cm³/mol. The second kappa shape index (κ2) is 3.29. The van der Waals surface area contributed by atoms with Crippen molar-refractivity contribution in [2.45, 2.75) is 18.3 Å². The average molecular weight is 272 g/mol. The van der Waals surface area contributed by atoms with E-state index < -0.39 is 35.1 Å². The topological polar surface area (TPSA) is 91.7 Å². The third-order valence-electron chi connectivity index (χ3n) is 5.31. The SMILES string of the molecule is O=C1CC2c3ccccc3C1C1(C(=O)O)C(C(=O)O)C21. The summed E-state index contributed by atoms with van der Waals surface area (Å²) < 4.78 is 0. The number of carbonyl (C=O) groups is 3. The zero-order valence-corrected chi connectivity index (χ0v) is 10.4. The van der Waals surface area contributed by atoms with Gasteiger partial charge in [0.05, 0.1) is 17.3 Å². The standard InChI is InChI=1S/C15H12O5/c16-9-5-8-6-3-1-2-4-7(6)10(9)15(14(19)20)11(8)12(15)13(17)18/h1-4,8,10-12H,5H2,(H,17,18)(H,19,20). The van der Waals surface area contributed by atoms with E-state index in [4.69, 9.17) is 0 Å². The van der Waals surface area contributed by atoms with Crippen molar-refractivity contribution < 1.29 is 24.6 Å². The van der Waals surface area contributed by atoms with E-state index in [9.17, 15) is 24.6 Å². The van der Waals surface area contributed by atoms with Gasteiger partial charge in [0.1, 0.15) is 5.78 Å². The monoisotopic (exact) mass is 272 g/mol. The summed E-state index contributed by atoms with van der Waals surface area (Å²) in [6, 6.07) is 7.28. The highest BCUT2D eigenvalue weighted by atomic mass is 16.4. The van der Waals surface area contributed by atoms with E-state index in [1.165, 1.54) is 0 Å². The van der Waals surface area contributed by atoms with E-state index in [1.54, 1.807) is 12.1 Å². The molecular formula is C15H12O5. The van der Waals surface area contributed by atoms with Crippen molar-refractivity contribution in [3.8, 4) is 0 Å². The van der Waals surface area contributed by atoms with Gasteiger partial charge in [-0.15, -0.1) is 0 Å². The van der Waals surface area contributed by atoms with Crippen LogP contribution in [0, 0.1) is 17.3 Å². The highest BCUT2D eigenvalue weighted by molar-refractivity contribution is 6.04. The lowest BCUT2D eigenvalue weighted by Gasteiger charge is -2.40. The predicted octanol–water partition coefficient (Wildman–Crippen LogP) is 1.24. The minimum absolute atomic E-state index is 0.129. The average Bonchev–Trinajstić information content (AvgIpc) is 3.11. The second-order valence-electron chi connectivity index (χ2n) is 5.92. The maximum absolute atomic E-state index is 12.3. The molecule has 0 aromatic heterocycles. The Kier molecular flexibility index (Phi) is 1.91. The molecule has 2 saturated carbocycles. The largest absolute Gasteiger partial charge is 0.481 e. The number of rotatable bonds is 2. The Balaban J connectivity index is 1.99. The molecular weight excluding hydrogens is 260 g/mol. The lowest BCUT2D eigenvalue weighted by atomic mass is 9.61. The Hall–Kier alpha value is -2.17. The molecule has 5 heteroatoms. The van der Waals surface area contributed by atoms with Crippen molar-refractivity contribution >= 4 is 17.7 Å². The quantitative estimate of drug-likeness (QED) is 0.845. The Labute approximate surface area is 114 Å². The van der Waals surface area contributed by atoms with Gasteiger partial charge in [0, 0.05) is 6.42 Å². The zero-order chi connectivity index (χ0) is 14.2. The summed E-state index contributed by atoms with van der Waals surface area (Å²) >= 11 is 0. The molecule has 1 aromatic carbocycles. The van der Waals surface area contributed by atoms with Crippen LogP contribution in [0.15, 0.2) is 24.3 Å². The summed E-state index contributed by atoms with van der Waals surface area (Å²) in [5.41, 5.74) is 0.263. The molecule has 4 aliphatic rings. The van der Waals surface area contributed by atoms with Crippen molar-refractivity contribution in [2.24, 2.45) is 17.3 Å². The molecule has 0 spiro atoms. The van der Waals surface area contributed by atoms with E-state index in [-0.39, 0.29) is 18.1 Å². The molecule has 102 valence electrons. The first-order chi connectivity index (χ1) is 9.51. The van der Waals surface area contributed by atoms with E-state index in [2.05, 4.69) is 0 Å². The number of hydrogen-bond acceptors (Lipinski definition) is 3. The first-order valence-electron chi connectivity index (χ1n) is 6.59. The van der Waals surface area contributed by atoms with E-state index in [0.717, 1.165) is 11.1 Å². The normalized spacial score (nSPS) is 39.9. The van der Waals surface area contributed by atoms with Crippen LogP contribution < -0.4 is 0 Å². The van der Waals surface area contributed by atoms with Crippen molar-refractivity contribution in [3.63, 3.8) is 0 Å². The Morgan fingerprint density at radius 2 is 1.80 bits per heavy atom. The molecule has 1 aromatic rings. The van der Waals surface area contributed by atoms with Crippen LogP contribution >= 0.6 is 0 Å². The summed E-state index contributed by atoms with van der Waals surface area (Å²) in [6.07, 6.45) is 0.269. The summed E-state index contributed by atoms with van der Waals surface area (Å²) in [4.78, 5) is 35.5. The lowest BCUT2D eigenvalue weighted by Crippen LogP contribution is -2.42. The number of carboxylic acids is 2. The summed E-state index contributed by atoms with van der Waals surface area (Å²) in [7, 11) is 0. The van der Waals surface area contributed by atoms with Crippen LogP contribution in [0.3, 0.4) is 0 Å². The molecule has 0 amide bonds. The molecule has 0 saturated heterocycles. The van der Waals surface area contributed by atoms with E-state index >= 15 is 0 Å². The van der Waals surface area contributed by atoms with Crippen molar-refractivity contribution in [2.75, 3.05) is 0 Å². The van der Waals surface area contributed by atoms with Gasteiger partial charge in [-0.1, -0.05) is 24.3 Å². The number of ketones is 1. The van der Waals surface area contributed by atoms with Crippen LogP contribution in [0.25, 0.3) is 0 Å². The molecule has 5 atom stereocenters. The van der Waals surface area contributed by atoms with Gasteiger partial charge in [-0.3, -0.25) is 14.4 Å². The number of carbonyl (C=O) groups excluding carboxylic acids is 1. The smallest absolute Gasteiger partial charge is 0.311 e. The third-order valence-corrected chi connectivity index (χ3v) is 5.31.